The fourth-order valence-corrected chi connectivity index (χ4v) is 0.305. The maximum Gasteiger partial charge on any atom is 0.398 e. The third-order valence-corrected chi connectivity index (χ3v) is 0.621. The largest absolute Gasteiger partial charge is 0.437 e. The number of esters is 1. The van der Waals surface area contributed by atoms with E-state index >= 15 is 0 Å². The Hall–Kier alpha value is -1.06. The molecular formula is C3H3NO3. The monoisotopic (exact) mass is 101 g/mol. The lowest BCUT2D eigenvalue weighted by molar-refractivity contribution is -0.147. The Bertz CT molecular complexity index is 105. The minimum absolute atomic E-state index is 0.0255. The van der Waals surface area contributed by atoms with Crippen LogP contribution in [0.3, 0.4) is 0 Å². The molecule has 0 aromatic carbocycles. The van der Waals surface area contributed by atoms with Crippen molar-refractivity contribution in [3.8, 4) is 0 Å². The Morgan fingerprint density at radius 1 is 1.57 bits per heavy atom. The number of cyclic esters (lactones) is 1. The summed E-state index contributed by atoms with van der Waals surface area (Å²) in [6.45, 7) is 0.0255. The highest BCUT2D eigenvalue weighted by atomic mass is 16.6. The van der Waals surface area contributed by atoms with E-state index in [4.69, 9.17) is 0 Å². The molecule has 1 heterocycles. The normalized spacial score (nSPS) is 18.9. The third kappa shape index (κ3) is 0.534. The highest BCUT2D eigenvalue weighted by molar-refractivity contribution is 6.33. The number of carbonyl (C=O) groups excluding carboxylic acids is 2. The summed E-state index contributed by atoms with van der Waals surface area (Å²) in [5.74, 6) is -1.44. The van der Waals surface area contributed by atoms with E-state index in [1.807, 2.05) is 0 Å². The van der Waals surface area contributed by atoms with E-state index in [1.165, 1.54) is 0 Å². The zero-order valence-corrected chi connectivity index (χ0v) is 3.43. The lowest BCUT2D eigenvalue weighted by Gasteiger charge is -1.77. The average Bonchev–Trinajstić information content (AvgIpc) is 1.91. The quantitative estimate of drug-likeness (QED) is 0.302. The second-order valence-corrected chi connectivity index (χ2v) is 1.08. The van der Waals surface area contributed by atoms with Crippen LogP contribution in [0.5, 0.6) is 0 Å². The van der Waals surface area contributed by atoms with Gasteiger partial charge in [0.1, 0.15) is 0 Å². The molecule has 4 nitrogen and oxygen atoms in total. The molecule has 1 N–H and O–H groups in total. The van der Waals surface area contributed by atoms with Crippen LogP contribution in [0.1, 0.15) is 0 Å². The summed E-state index contributed by atoms with van der Waals surface area (Å²) in [5.41, 5.74) is 0. The van der Waals surface area contributed by atoms with Crippen LogP contribution < -0.4 is 5.32 Å². The van der Waals surface area contributed by atoms with Crippen molar-refractivity contribution >= 4 is 11.9 Å². The molecule has 1 fully saturated rings. The minimum Gasteiger partial charge on any atom is -0.437 e. The molecule has 1 aliphatic heterocycles. The second kappa shape index (κ2) is 1.22. The van der Waals surface area contributed by atoms with Crippen molar-refractivity contribution < 1.29 is 14.3 Å². The van der Waals surface area contributed by atoms with Gasteiger partial charge in [0.15, 0.2) is 6.73 Å². The number of rotatable bonds is 0. The summed E-state index contributed by atoms with van der Waals surface area (Å²) in [4.78, 5) is 19.9. The van der Waals surface area contributed by atoms with Crippen molar-refractivity contribution in [2.24, 2.45) is 0 Å². The van der Waals surface area contributed by atoms with Crippen LogP contribution >= 0.6 is 0 Å². The SMILES string of the molecule is O=C1NCOC1=O. The molecule has 0 bridgehead atoms. The van der Waals surface area contributed by atoms with Gasteiger partial charge in [-0.15, -0.1) is 0 Å². The predicted octanol–water partition coefficient (Wildman–Crippen LogP) is -1.38. The van der Waals surface area contributed by atoms with E-state index in [2.05, 4.69) is 10.1 Å². The van der Waals surface area contributed by atoms with E-state index in [1.54, 1.807) is 0 Å². The second-order valence-electron chi connectivity index (χ2n) is 1.08. The summed E-state index contributed by atoms with van der Waals surface area (Å²) in [6.07, 6.45) is 0. The van der Waals surface area contributed by atoms with E-state index in [0.29, 0.717) is 0 Å². The van der Waals surface area contributed by atoms with Crippen molar-refractivity contribution in [2.45, 2.75) is 0 Å². The van der Waals surface area contributed by atoms with Crippen LogP contribution in [0.2, 0.25) is 0 Å². The van der Waals surface area contributed by atoms with Crippen molar-refractivity contribution in [3.63, 3.8) is 0 Å². The van der Waals surface area contributed by atoms with Crippen LogP contribution in [0.15, 0.2) is 0 Å². The van der Waals surface area contributed by atoms with Gasteiger partial charge in [-0.1, -0.05) is 0 Å². The predicted molar refractivity (Wildman–Crippen MR) is 19.1 cm³/mol. The summed E-state index contributed by atoms with van der Waals surface area (Å²) >= 11 is 0. The fourth-order valence-electron chi connectivity index (χ4n) is 0.305. The molecular weight excluding hydrogens is 98.0 g/mol. The first-order chi connectivity index (χ1) is 3.30. The molecule has 38 valence electrons. The summed E-state index contributed by atoms with van der Waals surface area (Å²) < 4.78 is 4.17. The first kappa shape index (κ1) is 4.11. The Kier molecular flexibility index (Phi) is 0.714. The number of amides is 1. The van der Waals surface area contributed by atoms with Crippen LogP contribution in [-0.2, 0) is 14.3 Å². The van der Waals surface area contributed by atoms with Crippen molar-refractivity contribution in [2.75, 3.05) is 6.73 Å². The summed E-state index contributed by atoms with van der Waals surface area (Å²) in [5, 5.41) is 2.16. The van der Waals surface area contributed by atoms with E-state index < -0.39 is 11.9 Å². The number of ether oxygens (including phenoxy) is 1. The molecule has 0 aromatic rings. The Morgan fingerprint density at radius 3 is 2.43 bits per heavy atom. The fraction of sp³-hybridized carbons (Fsp3) is 0.333. The highest BCUT2D eigenvalue weighted by Crippen LogP contribution is 1.83. The van der Waals surface area contributed by atoms with Gasteiger partial charge in [-0.2, -0.15) is 0 Å². The van der Waals surface area contributed by atoms with Gasteiger partial charge >= 0.3 is 11.9 Å². The third-order valence-electron chi connectivity index (χ3n) is 0.621. The Labute approximate surface area is 39.4 Å². The molecule has 0 unspecified atom stereocenters. The van der Waals surface area contributed by atoms with Crippen molar-refractivity contribution in [3.05, 3.63) is 0 Å². The molecule has 7 heavy (non-hydrogen) atoms. The lowest BCUT2D eigenvalue weighted by atomic mass is 10.7. The van der Waals surface area contributed by atoms with Gasteiger partial charge < -0.3 is 10.1 Å². The van der Waals surface area contributed by atoms with Crippen molar-refractivity contribution in [1.29, 1.82) is 0 Å². The van der Waals surface area contributed by atoms with Gasteiger partial charge in [-0.05, 0) is 0 Å². The number of nitrogens with one attached hydrogen (secondary N) is 1. The van der Waals surface area contributed by atoms with Gasteiger partial charge in [0.05, 0.1) is 0 Å². The lowest BCUT2D eigenvalue weighted by Crippen LogP contribution is -2.18. The van der Waals surface area contributed by atoms with Gasteiger partial charge in [-0.25, -0.2) is 4.79 Å². The van der Waals surface area contributed by atoms with Gasteiger partial charge in [0.2, 0.25) is 0 Å². The van der Waals surface area contributed by atoms with E-state index in [0.717, 1.165) is 0 Å². The minimum atomic E-state index is -0.792. The molecule has 0 spiro atoms. The summed E-state index contributed by atoms with van der Waals surface area (Å²) in [6, 6.07) is 0. The number of hydrogen-bond donors (Lipinski definition) is 1. The molecule has 0 radical (unpaired) electrons. The summed E-state index contributed by atoms with van der Waals surface area (Å²) in [7, 11) is 0. The Morgan fingerprint density at radius 2 is 2.29 bits per heavy atom. The first-order valence-electron chi connectivity index (χ1n) is 1.75. The topological polar surface area (TPSA) is 55.4 Å². The molecule has 1 amide bonds. The van der Waals surface area contributed by atoms with Crippen LogP contribution in [0.4, 0.5) is 0 Å². The molecule has 4 heteroatoms. The molecule has 1 saturated heterocycles. The zero-order valence-electron chi connectivity index (χ0n) is 3.43. The standard InChI is InChI=1S/C3H3NO3/c5-2-3(6)7-1-4-2/h1H2,(H,4,5). The number of hydrogen-bond acceptors (Lipinski definition) is 3. The van der Waals surface area contributed by atoms with E-state index in [9.17, 15) is 9.59 Å². The Balaban J connectivity index is 2.65. The smallest absolute Gasteiger partial charge is 0.398 e. The zero-order chi connectivity index (χ0) is 5.28. The first-order valence-corrected chi connectivity index (χ1v) is 1.75. The average molecular weight is 101 g/mol. The van der Waals surface area contributed by atoms with Gasteiger partial charge in [0, 0.05) is 0 Å². The molecule has 1 rings (SSSR count). The van der Waals surface area contributed by atoms with Crippen LogP contribution in [-0.4, -0.2) is 18.6 Å². The molecule has 0 atom stereocenters. The molecule has 0 aromatic heterocycles. The van der Waals surface area contributed by atoms with E-state index in [-0.39, 0.29) is 6.73 Å². The van der Waals surface area contributed by atoms with Gasteiger partial charge in [-0.3, -0.25) is 4.79 Å². The number of carbonyl (C=O) groups is 2. The van der Waals surface area contributed by atoms with Gasteiger partial charge in [0.25, 0.3) is 0 Å². The molecule has 0 saturated carbocycles. The molecule has 0 aliphatic carbocycles. The van der Waals surface area contributed by atoms with Crippen molar-refractivity contribution in [1.82, 2.24) is 5.32 Å². The van der Waals surface area contributed by atoms with Crippen LogP contribution in [0.25, 0.3) is 0 Å². The maximum atomic E-state index is 9.99. The maximum absolute atomic E-state index is 9.99. The highest BCUT2D eigenvalue weighted by Gasteiger charge is 2.20. The molecule has 1 aliphatic rings. The van der Waals surface area contributed by atoms with Crippen LogP contribution in [0, 0.1) is 0 Å².